The van der Waals surface area contributed by atoms with Crippen LogP contribution in [0.15, 0.2) is 48.5 Å². The van der Waals surface area contributed by atoms with Gasteiger partial charge in [-0.3, -0.25) is 9.00 Å². The Hall–Kier alpha value is -2.01. The molecule has 1 unspecified atom stereocenters. The molecule has 0 aliphatic heterocycles. The van der Waals surface area contributed by atoms with E-state index in [2.05, 4.69) is 5.32 Å². The van der Waals surface area contributed by atoms with E-state index in [0.29, 0.717) is 24.3 Å². The minimum atomic E-state index is -0.938. The lowest BCUT2D eigenvalue weighted by molar-refractivity contribution is 0.0954. The van der Waals surface area contributed by atoms with Crippen LogP contribution in [0.1, 0.15) is 21.5 Å². The zero-order chi connectivity index (χ0) is 15.9. The van der Waals surface area contributed by atoms with E-state index in [1.807, 2.05) is 12.1 Å². The summed E-state index contributed by atoms with van der Waals surface area (Å²) in [5.74, 6) is -0.0195. The van der Waals surface area contributed by atoms with Crippen molar-refractivity contribution in [3.05, 3.63) is 71.0 Å². The number of hydrogen-bond acceptors (Lipinski definition) is 2. The monoisotopic (exact) mass is 319 g/mol. The van der Waals surface area contributed by atoms with E-state index in [9.17, 15) is 13.4 Å². The standard InChI is InChI=1S/C17H18FNO2S/c1-22(21)12-14-5-2-6-15(10-14)17(20)19-9-8-13-4-3-7-16(18)11-13/h2-7,10-11H,8-9,12H2,1H3,(H,19,20). The van der Waals surface area contributed by atoms with Crippen LogP contribution in [-0.2, 0) is 23.0 Å². The molecular formula is C17H18FNO2S. The van der Waals surface area contributed by atoms with Crippen molar-refractivity contribution in [3.8, 4) is 0 Å². The highest BCUT2D eigenvalue weighted by Crippen LogP contribution is 2.08. The lowest BCUT2D eigenvalue weighted by atomic mass is 10.1. The van der Waals surface area contributed by atoms with Crippen molar-refractivity contribution < 1.29 is 13.4 Å². The Kier molecular flexibility index (Phi) is 5.83. The minimum Gasteiger partial charge on any atom is -0.352 e. The molecular weight excluding hydrogens is 301 g/mol. The highest BCUT2D eigenvalue weighted by atomic mass is 32.2. The third kappa shape index (κ3) is 5.07. The third-order valence-corrected chi connectivity index (χ3v) is 3.89. The number of nitrogens with one attached hydrogen (secondary N) is 1. The maximum Gasteiger partial charge on any atom is 0.251 e. The maximum absolute atomic E-state index is 13.1. The Bertz CT molecular complexity index is 688. The normalized spacial score (nSPS) is 11.9. The number of halogens is 1. The molecule has 0 saturated carbocycles. The first-order chi connectivity index (χ1) is 10.5. The number of carbonyl (C=O) groups is 1. The van der Waals surface area contributed by atoms with Crippen molar-refractivity contribution in [2.75, 3.05) is 12.8 Å². The van der Waals surface area contributed by atoms with Crippen LogP contribution < -0.4 is 5.32 Å². The van der Waals surface area contributed by atoms with Gasteiger partial charge in [-0.2, -0.15) is 0 Å². The van der Waals surface area contributed by atoms with Gasteiger partial charge in [-0.05, 0) is 41.8 Å². The Morgan fingerprint density at radius 1 is 1.14 bits per heavy atom. The fourth-order valence-corrected chi connectivity index (χ4v) is 2.80. The van der Waals surface area contributed by atoms with Crippen LogP contribution in [0.3, 0.4) is 0 Å². The molecule has 0 bridgehead atoms. The molecule has 0 fully saturated rings. The topological polar surface area (TPSA) is 46.2 Å². The maximum atomic E-state index is 13.1. The number of hydrogen-bond donors (Lipinski definition) is 1. The first-order valence-electron chi connectivity index (χ1n) is 6.96. The van der Waals surface area contributed by atoms with Crippen LogP contribution in [0.25, 0.3) is 0 Å². The number of benzene rings is 2. The van der Waals surface area contributed by atoms with E-state index >= 15 is 0 Å². The van der Waals surface area contributed by atoms with Gasteiger partial charge in [0.2, 0.25) is 0 Å². The molecule has 1 atom stereocenters. The Balaban J connectivity index is 1.90. The van der Waals surface area contributed by atoms with Gasteiger partial charge in [-0.25, -0.2) is 4.39 Å². The van der Waals surface area contributed by atoms with Gasteiger partial charge in [0.05, 0.1) is 0 Å². The van der Waals surface area contributed by atoms with Crippen molar-refractivity contribution in [2.24, 2.45) is 0 Å². The molecule has 1 amide bonds. The molecule has 0 aromatic heterocycles. The lowest BCUT2D eigenvalue weighted by Crippen LogP contribution is -2.25. The molecule has 0 heterocycles. The predicted molar refractivity (Wildman–Crippen MR) is 86.6 cm³/mol. The van der Waals surface area contributed by atoms with Crippen molar-refractivity contribution in [1.29, 1.82) is 0 Å². The molecule has 1 N–H and O–H groups in total. The second-order valence-corrected chi connectivity index (χ2v) is 6.49. The summed E-state index contributed by atoms with van der Waals surface area (Å²) >= 11 is 0. The summed E-state index contributed by atoms with van der Waals surface area (Å²) in [7, 11) is -0.938. The summed E-state index contributed by atoms with van der Waals surface area (Å²) < 4.78 is 24.3. The number of carbonyl (C=O) groups excluding carboxylic acids is 1. The molecule has 0 aliphatic rings. The SMILES string of the molecule is CS(=O)Cc1cccc(C(=O)NCCc2cccc(F)c2)c1. The average Bonchev–Trinajstić information content (AvgIpc) is 2.47. The van der Waals surface area contributed by atoms with Crippen LogP contribution in [0.4, 0.5) is 4.39 Å². The highest BCUT2D eigenvalue weighted by Gasteiger charge is 2.06. The third-order valence-electron chi connectivity index (χ3n) is 3.15. The molecule has 0 aliphatic carbocycles. The van der Waals surface area contributed by atoms with Crippen molar-refractivity contribution in [2.45, 2.75) is 12.2 Å². The Morgan fingerprint density at radius 2 is 1.86 bits per heavy atom. The van der Waals surface area contributed by atoms with Crippen molar-refractivity contribution >= 4 is 16.7 Å². The summed E-state index contributed by atoms with van der Waals surface area (Å²) in [4.78, 5) is 12.1. The van der Waals surface area contributed by atoms with Gasteiger partial charge in [-0.15, -0.1) is 0 Å². The van der Waals surface area contributed by atoms with Gasteiger partial charge in [0.25, 0.3) is 5.91 Å². The van der Waals surface area contributed by atoms with Crippen LogP contribution in [0.2, 0.25) is 0 Å². The largest absolute Gasteiger partial charge is 0.352 e. The minimum absolute atomic E-state index is 0.180. The van der Waals surface area contributed by atoms with Crippen LogP contribution in [-0.4, -0.2) is 22.9 Å². The second-order valence-electron chi connectivity index (χ2n) is 5.05. The molecule has 3 nitrogen and oxygen atoms in total. The van der Waals surface area contributed by atoms with E-state index in [1.165, 1.54) is 12.1 Å². The van der Waals surface area contributed by atoms with Crippen molar-refractivity contribution in [1.82, 2.24) is 5.32 Å². The highest BCUT2D eigenvalue weighted by molar-refractivity contribution is 7.83. The quantitative estimate of drug-likeness (QED) is 0.890. The molecule has 5 heteroatoms. The Morgan fingerprint density at radius 3 is 2.59 bits per heavy atom. The molecule has 0 saturated heterocycles. The zero-order valence-electron chi connectivity index (χ0n) is 12.3. The summed E-state index contributed by atoms with van der Waals surface area (Å²) in [6.07, 6.45) is 2.20. The molecule has 116 valence electrons. The van der Waals surface area contributed by atoms with Gasteiger partial charge < -0.3 is 5.32 Å². The molecule has 0 spiro atoms. The molecule has 22 heavy (non-hydrogen) atoms. The summed E-state index contributed by atoms with van der Waals surface area (Å²) in [6, 6.07) is 13.4. The first-order valence-corrected chi connectivity index (χ1v) is 8.69. The molecule has 0 radical (unpaired) electrons. The van der Waals surface area contributed by atoms with Gasteiger partial charge in [0.1, 0.15) is 5.82 Å². The Labute approximate surface area is 132 Å². The van der Waals surface area contributed by atoms with Crippen LogP contribution in [0.5, 0.6) is 0 Å². The van der Waals surface area contributed by atoms with E-state index in [1.54, 1.807) is 30.5 Å². The van der Waals surface area contributed by atoms with E-state index in [4.69, 9.17) is 0 Å². The zero-order valence-corrected chi connectivity index (χ0v) is 13.2. The van der Waals surface area contributed by atoms with Crippen LogP contribution >= 0.6 is 0 Å². The summed E-state index contributed by atoms with van der Waals surface area (Å²) in [6.45, 7) is 0.437. The van der Waals surface area contributed by atoms with Crippen LogP contribution in [0, 0.1) is 5.82 Å². The number of amides is 1. The molecule has 2 aromatic rings. The van der Waals surface area contributed by atoms with Gasteiger partial charge in [0, 0.05) is 34.9 Å². The lowest BCUT2D eigenvalue weighted by Gasteiger charge is -2.07. The smallest absolute Gasteiger partial charge is 0.251 e. The van der Waals surface area contributed by atoms with E-state index in [-0.39, 0.29) is 11.7 Å². The molecule has 2 rings (SSSR count). The first kappa shape index (κ1) is 16.4. The number of rotatable bonds is 6. The average molecular weight is 319 g/mol. The van der Waals surface area contributed by atoms with Gasteiger partial charge in [-0.1, -0.05) is 24.3 Å². The van der Waals surface area contributed by atoms with E-state index < -0.39 is 10.8 Å². The van der Waals surface area contributed by atoms with Gasteiger partial charge >= 0.3 is 0 Å². The van der Waals surface area contributed by atoms with E-state index in [0.717, 1.165) is 11.1 Å². The van der Waals surface area contributed by atoms with Crippen molar-refractivity contribution in [3.63, 3.8) is 0 Å². The molecule has 2 aromatic carbocycles. The second kappa shape index (κ2) is 7.84. The summed E-state index contributed by atoms with van der Waals surface area (Å²) in [5, 5.41) is 2.81. The fourth-order valence-electron chi connectivity index (χ4n) is 2.15. The predicted octanol–water partition coefficient (Wildman–Crippen LogP) is 2.68. The van der Waals surface area contributed by atoms with Gasteiger partial charge in [0.15, 0.2) is 0 Å². The fraction of sp³-hybridized carbons (Fsp3) is 0.235. The summed E-state index contributed by atoms with van der Waals surface area (Å²) in [5.41, 5.74) is 2.26.